The SMILES string of the molecule is O=C(NCC1CCCC(O)C1)c1c(Cl)cccc1[N+](=O)[O-]. The Balaban J connectivity index is 2.05. The van der Waals surface area contributed by atoms with Crippen molar-refractivity contribution in [2.45, 2.75) is 31.8 Å². The minimum atomic E-state index is -0.620. The normalized spacial score (nSPS) is 21.8. The molecule has 2 rings (SSSR count). The van der Waals surface area contributed by atoms with Gasteiger partial charge < -0.3 is 10.4 Å². The van der Waals surface area contributed by atoms with Gasteiger partial charge in [0.25, 0.3) is 11.6 Å². The van der Waals surface area contributed by atoms with Gasteiger partial charge in [0.2, 0.25) is 0 Å². The van der Waals surface area contributed by atoms with Crippen LogP contribution in [0.5, 0.6) is 0 Å². The molecule has 0 aliphatic heterocycles. The molecule has 21 heavy (non-hydrogen) atoms. The van der Waals surface area contributed by atoms with Gasteiger partial charge in [-0.2, -0.15) is 0 Å². The van der Waals surface area contributed by atoms with Crippen molar-refractivity contribution in [2.75, 3.05) is 6.54 Å². The Labute approximate surface area is 127 Å². The number of nitro groups is 1. The largest absolute Gasteiger partial charge is 0.393 e. The quantitative estimate of drug-likeness (QED) is 0.660. The second kappa shape index (κ2) is 6.87. The molecule has 1 amide bonds. The Morgan fingerprint density at radius 1 is 1.48 bits per heavy atom. The van der Waals surface area contributed by atoms with E-state index >= 15 is 0 Å². The summed E-state index contributed by atoms with van der Waals surface area (Å²) in [5.74, 6) is -0.355. The summed E-state index contributed by atoms with van der Waals surface area (Å²) in [6, 6.07) is 4.15. The first kappa shape index (κ1) is 15.7. The summed E-state index contributed by atoms with van der Waals surface area (Å²) in [6.07, 6.45) is 2.97. The Kier molecular flexibility index (Phi) is 5.14. The first-order chi connectivity index (χ1) is 9.99. The number of benzene rings is 1. The van der Waals surface area contributed by atoms with Gasteiger partial charge >= 0.3 is 0 Å². The number of aliphatic hydroxyl groups is 1. The van der Waals surface area contributed by atoms with E-state index in [0.29, 0.717) is 13.0 Å². The fourth-order valence-electron chi connectivity index (χ4n) is 2.66. The van der Waals surface area contributed by atoms with Crippen molar-refractivity contribution < 1.29 is 14.8 Å². The predicted molar refractivity (Wildman–Crippen MR) is 78.4 cm³/mol. The van der Waals surface area contributed by atoms with Crippen LogP contribution < -0.4 is 5.32 Å². The first-order valence-corrected chi connectivity index (χ1v) is 7.26. The molecule has 2 N–H and O–H groups in total. The van der Waals surface area contributed by atoms with Crippen molar-refractivity contribution in [1.29, 1.82) is 0 Å². The maximum atomic E-state index is 12.2. The van der Waals surface area contributed by atoms with Crippen LogP contribution in [-0.4, -0.2) is 28.6 Å². The third-order valence-electron chi connectivity index (χ3n) is 3.72. The number of rotatable bonds is 4. The molecular weight excluding hydrogens is 296 g/mol. The van der Waals surface area contributed by atoms with E-state index in [1.807, 2.05) is 0 Å². The maximum Gasteiger partial charge on any atom is 0.283 e. The van der Waals surface area contributed by atoms with Gasteiger partial charge in [-0.1, -0.05) is 24.1 Å². The van der Waals surface area contributed by atoms with Crippen molar-refractivity contribution >= 4 is 23.2 Å². The number of hydrogen-bond acceptors (Lipinski definition) is 4. The van der Waals surface area contributed by atoms with Crippen LogP contribution in [0.4, 0.5) is 5.69 Å². The molecule has 1 saturated carbocycles. The zero-order valence-corrected chi connectivity index (χ0v) is 12.2. The lowest BCUT2D eigenvalue weighted by Crippen LogP contribution is -2.33. The minimum absolute atomic E-state index is 0.0605. The molecule has 0 heterocycles. The van der Waals surface area contributed by atoms with E-state index in [-0.39, 0.29) is 28.3 Å². The number of carbonyl (C=O) groups excluding carboxylic acids is 1. The highest BCUT2D eigenvalue weighted by atomic mass is 35.5. The molecule has 0 radical (unpaired) electrons. The molecule has 0 spiro atoms. The van der Waals surface area contributed by atoms with Crippen molar-refractivity contribution in [3.63, 3.8) is 0 Å². The third-order valence-corrected chi connectivity index (χ3v) is 4.04. The molecule has 1 aromatic rings. The van der Waals surface area contributed by atoms with E-state index in [9.17, 15) is 20.0 Å². The molecule has 0 bridgehead atoms. The summed E-state index contributed by atoms with van der Waals surface area (Å²) in [5.41, 5.74) is -0.413. The highest BCUT2D eigenvalue weighted by Crippen LogP contribution is 2.27. The Morgan fingerprint density at radius 3 is 2.90 bits per heavy atom. The predicted octanol–water partition coefficient (Wildman–Crippen LogP) is 2.53. The number of carbonyl (C=O) groups is 1. The number of nitro benzene ring substituents is 1. The average Bonchev–Trinajstić information content (AvgIpc) is 2.44. The lowest BCUT2D eigenvalue weighted by atomic mass is 9.87. The molecule has 6 nitrogen and oxygen atoms in total. The van der Waals surface area contributed by atoms with Gasteiger partial charge in [-0.05, 0) is 31.2 Å². The van der Waals surface area contributed by atoms with Crippen LogP contribution in [-0.2, 0) is 0 Å². The fourth-order valence-corrected chi connectivity index (χ4v) is 2.92. The molecule has 1 aliphatic carbocycles. The summed E-state index contributed by atoms with van der Waals surface area (Å²) in [5, 5.41) is 23.3. The van der Waals surface area contributed by atoms with Gasteiger partial charge in [-0.15, -0.1) is 0 Å². The summed E-state index contributed by atoms with van der Waals surface area (Å²) < 4.78 is 0. The zero-order valence-electron chi connectivity index (χ0n) is 11.4. The molecule has 1 fully saturated rings. The highest BCUT2D eigenvalue weighted by molar-refractivity contribution is 6.34. The van der Waals surface area contributed by atoms with E-state index < -0.39 is 10.8 Å². The molecule has 2 unspecified atom stereocenters. The molecule has 1 aliphatic rings. The second-order valence-electron chi connectivity index (χ2n) is 5.29. The molecular formula is C14H17ClN2O4. The van der Waals surface area contributed by atoms with Crippen molar-refractivity contribution in [2.24, 2.45) is 5.92 Å². The summed E-state index contributed by atoms with van der Waals surface area (Å²) >= 11 is 5.91. The molecule has 1 aromatic carbocycles. The number of amides is 1. The molecule has 114 valence electrons. The average molecular weight is 313 g/mol. The van der Waals surface area contributed by atoms with E-state index in [1.54, 1.807) is 0 Å². The van der Waals surface area contributed by atoms with Crippen LogP contribution >= 0.6 is 11.6 Å². The van der Waals surface area contributed by atoms with Crippen LogP contribution in [0, 0.1) is 16.0 Å². The summed E-state index contributed by atoms with van der Waals surface area (Å²) in [6.45, 7) is 0.387. The second-order valence-corrected chi connectivity index (χ2v) is 5.69. The summed E-state index contributed by atoms with van der Waals surface area (Å²) in [7, 11) is 0. The van der Waals surface area contributed by atoms with Gasteiger partial charge in [0.05, 0.1) is 16.0 Å². The number of hydrogen-bond donors (Lipinski definition) is 2. The van der Waals surface area contributed by atoms with Crippen LogP contribution in [0.2, 0.25) is 5.02 Å². The van der Waals surface area contributed by atoms with Crippen LogP contribution in [0.25, 0.3) is 0 Å². The third kappa shape index (κ3) is 3.92. The van der Waals surface area contributed by atoms with E-state index in [1.165, 1.54) is 18.2 Å². The molecule has 7 heteroatoms. The van der Waals surface area contributed by atoms with Crippen LogP contribution in [0.1, 0.15) is 36.0 Å². The van der Waals surface area contributed by atoms with Gasteiger partial charge in [0.1, 0.15) is 5.56 Å². The van der Waals surface area contributed by atoms with Crippen molar-refractivity contribution in [3.05, 3.63) is 38.9 Å². The van der Waals surface area contributed by atoms with E-state index in [2.05, 4.69) is 5.32 Å². The maximum absolute atomic E-state index is 12.2. The standard InChI is InChI=1S/C14H17ClN2O4/c15-11-5-2-6-12(17(20)21)13(11)14(19)16-8-9-3-1-4-10(18)7-9/h2,5-6,9-10,18H,1,3-4,7-8H2,(H,16,19). The molecule has 0 saturated heterocycles. The van der Waals surface area contributed by atoms with Gasteiger partial charge in [0.15, 0.2) is 0 Å². The Hall–Kier alpha value is -1.66. The van der Waals surface area contributed by atoms with Gasteiger partial charge in [-0.3, -0.25) is 14.9 Å². The minimum Gasteiger partial charge on any atom is -0.393 e. The number of nitrogens with one attached hydrogen (secondary N) is 1. The van der Waals surface area contributed by atoms with Gasteiger partial charge in [0, 0.05) is 12.6 Å². The van der Waals surface area contributed by atoms with Crippen molar-refractivity contribution in [1.82, 2.24) is 5.32 Å². The van der Waals surface area contributed by atoms with Crippen molar-refractivity contribution in [3.8, 4) is 0 Å². The van der Waals surface area contributed by atoms with E-state index in [0.717, 1.165) is 19.3 Å². The van der Waals surface area contributed by atoms with Gasteiger partial charge in [-0.25, -0.2) is 0 Å². The monoisotopic (exact) mass is 312 g/mol. The number of halogens is 1. The lowest BCUT2D eigenvalue weighted by molar-refractivity contribution is -0.385. The molecule has 0 aromatic heterocycles. The zero-order chi connectivity index (χ0) is 15.4. The molecule has 2 atom stereocenters. The number of aliphatic hydroxyl groups excluding tert-OH is 1. The lowest BCUT2D eigenvalue weighted by Gasteiger charge is -2.25. The van der Waals surface area contributed by atoms with Crippen LogP contribution in [0.3, 0.4) is 0 Å². The fraction of sp³-hybridized carbons (Fsp3) is 0.500. The van der Waals surface area contributed by atoms with Crippen LogP contribution in [0.15, 0.2) is 18.2 Å². The summed E-state index contributed by atoms with van der Waals surface area (Å²) in [4.78, 5) is 22.5. The smallest absolute Gasteiger partial charge is 0.283 e. The Morgan fingerprint density at radius 2 is 2.24 bits per heavy atom. The number of nitrogens with zero attached hydrogens (tertiary/aromatic N) is 1. The highest BCUT2D eigenvalue weighted by Gasteiger charge is 2.25. The van der Waals surface area contributed by atoms with E-state index in [4.69, 9.17) is 11.6 Å². The Bertz CT molecular complexity index is 550. The topological polar surface area (TPSA) is 92.5 Å². The first-order valence-electron chi connectivity index (χ1n) is 6.88.